The van der Waals surface area contributed by atoms with Gasteiger partial charge >= 0.3 is 0 Å². The van der Waals surface area contributed by atoms with Gasteiger partial charge in [-0.1, -0.05) is 6.07 Å². The summed E-state index contributed by atoms with van der Waals surface area (Å²) in [6, 6.07) is 3.18. The maximum absolute atomic E-state index is 13.5. The average Bonchev–Trinajstić information content (AvgIpc) is 2.38. The number of hydrogen-bond donors (Lipinski definition) is 1. The first-order valence-corrected chi connectivity index (χ1v) is 5.72. The van der Waals surface area contributed by atoms with Gasteiger partial charge in [0, 0.05) is 17.7 Å². The molecule has 2 aromatic carbocycles. The second-order valence-corrected chi connectivity index (χ2v) is 4.35. The second kappa shape index (κ2) is 5.58. The molecule has 0 bridgehead atoms. The minimum atomic E-state index is -1.31. The van der Waals surface area contributed by atoms with E-state index in [0.717, 1.165) is 12.1 Å². The number of benzene rings is 2. The fraction of sp³-hybridized carbons (Fsp3) is 0.143. The van der Waals surface area contributed by atoms with Crippen molar-refractivity contribution in [1.29, 1.82) is 0 Å². The lowest BCUT2D eigenvalue weighted by Crippen LogP contribution is -2.16. The van der Waals surface area contributed by atoms with Crippen LogP contribution >= 0.6 is 0 Å². The summed E-state index contributed by atoms with van der Waals surface area (Å²) in [5.74, 6) is -5.59. The summed E-state index contributed by atoms with van der Waals surface area (Å²) in [6.07, 6.45) is -0.0425. The summed E-state index contributed by atoms with van der Waals surface area (Å²) in [7, 11) is 0. The standard InChI is InChI=1S/C14H10F5N/c15-9-2-1-7(3-11(9)17)4-14(20)8-5-12(18)13(19)6-10(8)16/h1-3,5-6,14H,4,20H2. The molecule has 2 aromatic rings. The van der Waals surface area contributed by atoms with Crippen LogP contribution in [0.5, 0.6) is 0 Å². The lowest BCUT2D eigenvalue weighted by molar-refractivity contribution is 0.483. The first kappa shape index (κ1) is 14.5. The topological polar surface area (TPSA) is 26.0 Å². The molecule has 0 aliphatic carbocycles. The number of halogens is 5. The Kier molecular flexibility index (Phi) is 4.04. The van der Waals surface area contributed by atoms with E-state index in [1.807, 2.05) is 0 Å². The van der Waals surface area contributed by atoms with Crippen molar-refractivity contribution >= 4 is 0 Å². The van der Waals surface area contributed by atoms with Crippen molar-refractivity contribution in [2.24, 2.45) is 5.73 Å². The Morgan fingerprint density at radius 1 is 0.750 bits per heavy atom. The molecule has 1 nitrogen and oxygen atoms in total. The van der Waals surface area contributed by atoms with Crippen molar-refractivity contribution < 1.29 is 22.0 Å². The van der Waals surface area contributed by atoms with Gasteiger partial charge in [-0.25, -0.2) is 22.0 Å². The van der Waals surface area contributed by atoms with Crippen LogP contribution in [0.25, 0.3) is 0 Å². The summed E-state index contributed by atoms with van der Waals surface area (Å²) in [4.78, 5) is 0. The zero-order valence-corrected chi connectivity index (χ0v) is 10.1. The molecule has 0 amide bonds. The summed E-state index contributed by atoms with van der Waals surface area (Å²) in [6.45, 7) is 0. The third-order valence-electron chi connectivity index (χ3n) is 2.88. The van der Waals surface area contributed by atoms with Crippen molar-refractivity contribution in [2.75, 3.05) is 0 Å². The van der Waals surface area contributed by atoms with Gasteiger partial charge in [-0.15, -0.1) is 0 Å². The van der Waals surface area contributed by atoms with Gasteiger partial charge in [-0.3, -0.25) is 0 Å². The fourth-order valence-electron chi connectivity index (χ4n) is 1.85. The molecule has 0 radical (unpaired) electrons. The molecule has 2 N–H and O–H groups in total. The first-order valence-electron chi connectivity index (χ1n) is 5.72. The largest absolute Gasteiger partial charge is 0.324 e. The molecule has 0 heterocycles. The summed E-state index contributed by atoms with van der Waals surface area (Å²) < 4.78 is 65.2. The predicted octanol–water partition coefficient (Wildman–Crippen LogP) is 3.62. The second-order valence-electron chi connectivity index (χ2n) is 4.35. The summed E-state index contributed by atoms with van der Waals surface area (Å²) in [5.41, 5.74) is 5.78. The Morgan fingerprint density at radius 2 is 1.35 bits per heavy atom. The number of hydrogen-bond acceptors (Lipinski definition) is 1. The fourth-order valence-corrected chi connectivity index (χ4v) is 1.85. The Morgan fingerprint density at radius 3 is 2.00 bits per heavy atom. The Bertz CT molecular complexity index is 642. The third kappa shape index (κ3) is 2.96. The maximum Gasteiger partial charge on any atom is 0.161 e. The molecule has 0 spiro atoms. The minimum Gasteiger partial charge on any atom is -0.324 e. The van der Waals surface area contributed by atoms with Gasteiger partial charge in [0.05, 0.1) is 0 Å². The Hall–Kier alpha value is -1.95. The highest BCUT2D eigenvalue weighted by atomic mass is 19.2. The zero-order valence-electron chi connectivity index (χ0n) is 10.1. The van der Waals surface area contributed by atoms with E-state index >= 15 is 0 Å². The molecular formula is C14H10F5N. The molecule has 0 aromatic heterocycles. The van der Waals surface area contributed by atoms with Gasteiger partial charge in [0.1, 0.15) is 5.82 Å². The van der Waals surface area contributed by atoms with Crippen molar-refractivity contribution in [1.82, 2.24) is 0 Å². The first-order chi connectivity index (χ1) is 9.38. The van der Waals surface area contributed by atoms with Crippen LogP contribution in [0.2, 0.25) is 0 Å². The lowest BCUT2D eigenvalue weighted by Gasteiger charge is -2.13. The highest BCUT2D eigenvalue weighted by molar-refractivity contribution is 5.26. The zero-order chi connectivity index (χ0) is 14.9. The van der Waals surface area contributed by atoms with E-state index in [1.54, 1.807) is 0 Å². The highest BCUT2D eigenvalue weighted by Gasteiger charge is 2.17. The van der Waals surface area contributed by atoms with Crippen LogP contribution in [-0.2, 0) is 6.42 Å². The van der Waals surface area contributed by atoms with Gasteiger partial charge in [0.25, 0.3) is 0 Å². The van der Waals surface area contributed by atoms with Crippen LogP contribution in [0.4, 0.5) is 22.0 Å². The summed E-state index contributed by atoms with van der Waals surface area (Å²) >= 11 is 0. The van der Waals surface area contributed by atoms with Gasteiger partial charge in [0.15, 0.2) is 23.3 Å². The minimum absolute atomic E-state index is 0.0425. The Balaban J connectivity index is 2.25. The van der Waals surface area contributed by atoms with Crippen molar-refractivity contribution in [3.05, 3.63) is 70.5 Å². The van der Waals surface area contributed by atoms with Crippen LogP contribution in [0.15, 0.2) is 30.3 Å². The van der Waals surface area contributed by atoms with E-state index in [2.05, 4.69) is 0 Å². The molecule has 1 atom stereocenters. The SMILES string of the molecule is NC(Cc1ccc(F)c(F)c1)c1cc(F)c(F)cc1F. The maximum atomic E-state index is 13.5. The van der Waals surface area contributed by atoms with E-state index < -0.39 is 35.1 Å². The third-order valence-corrected chi connectivity index (χ3v) is 2.88. The molecule has 2 rings (SSSR count). The predicted molar refractivity (Wildman–Crippen MR) is 63.3 cm³/mol. The van der Waals surface area contributed by atoms with Crippen molar-refractivity contribution in [3.63, 3.8) is 0 Å². The molecule has 0 saturated heterocycles. The molecule has 20 heavy (non-hydrogen) atoms. The molecule has 0 aliphatic heterocycles. The quantitative estimate of drug-likeness (QED) is 0.677. The van der Waals surface area contributed by atoms with Crippen molar-refractivity contribution in [3.8, 4) is 0 Å². The molecular weight excluding hydrogens is 277 g/mol. The monoisotopic (exact) mass is 287 g/mol. The van der Waals surface area contributed by atoms with Gasteiger partial charge in [-0.05, 0) is 30.2 Å². The van der Waals surface area contributed by atoms with Crippen LogP contribution in [0.1, 0.15) is 17.2 Å². The van der Waals surface area contributed by atoms with Gasteiger partial charge in [0.2, 0.25) is 0 Å². The van der Waals surface area contributed by atoms with E-state index in [9.17, 15) is 22.0 Å². The normalized spacial score (nSPS) is 12.5. The van der Waals surface area contributed by atoms with Gasteiger partial charge in [-0.2, -0.15) is 0 Å². The van der Waals surface area contributed by atoms with Crippen molar-refractivity contribution in [2.45, 2.75) is 12.5 Å². The smallest absolute Gasteiger partial charge is 0.161 e. The lowest BCUT2D eigenvalue weighted by atomic mass is 9.99. The van der Waals surface area contributed by atoms with Crippen LogP contribution in [0, 0.1) is 29.1 Å². The van der Waals surface area contributed by atoms with E-state index in [1.165, 1.54) is 6.07 Å². The molecule has 0 saturated carbocycles. The van der Waals surface area contributed by atoms with Gasteiger partial charge < -0.3 is 5.73 Å². The number of rotatable bonds is 3. The van der Waals surface area contributed by atoms with E-state index in [-0.39, 0.29) is 12.0 Å². The Labute approximate surface area is 111 Å². The van der Waals surface area contributed by atoms with E-state index in [4.69, 9.17) is 5.73 Å². The average molecular weight is 287 g/mol. The highest BCUT2D eigenvalue weighted by Crippen LogP contribution is 2.22. The molecule has 1 unspecified atom stereocenters. The van der Waals surface area contributed by atoms with Crippen LogP contribution in [-0.4, -0.2) is 0 Å². The molecule has 0 aliphatic rings. The molecule has 106 valence electrons. The number of nitrogens with two attached hydrogens (primary N) is 1. The van der Waals surface area contributed by atoms with Crippen LogP contribution in [0.3, 0.4) is 0 Å². The van der Waals surface area contributed by atoms with E-state index in [0.29, 0.717) is 17.7 Å². The molecule has 6 heteroatoms. The summed E-state index contributed by atoms with van der Waals surface area (Å²) in [5, 5.41) is 0. The molecule has 0 fully saturated rings. The van der Waals surface area contributed by atoms with Crippen LogP contribution < -0.4 is 5.73 Å².